The number of hydrogen-bond donors (Lipinski definition) is 2. The van der Waals surface area contributed by atoms with Crippen LogP contribution < -0.4 is 0 Å². The third kappa shape index (κ3) is 2.11. The summed E-state index contributed by atoms with van der Waals surface area (Å²) in [5, 5.41) is 17.9. The average molecular weight is 260 g/mol. The Morgan fingerprint density at radius 1 is 1.36 bits per heavy atom. The van der Waals surface area contributed by atoms with E-state index in [0.717, 1.165) is 6.07 Å². The van der Waals surface area contributed by atoms with Crippen molar-refractivity contribution in [3.63, 3.8) is 0 Å². The molecule has 0 saturated heterocycles. The van der Waals surface area contributed by atoms with Crippen molar-refractivity contribution < 1.29 is 19.8 Å². The third-order valence-corrected chi connectivity index (χ3v) is 2.18. The molecule has 1 aromatic carbocycles. The molecule has 74 valence electrons. The van der Waals surface area contributed by atoms with Gasteiger partial charge >= 0.3 is 5.97 Å². The quantitative estimate of drug-likeness (QED) is 0.492. The van der Waals surface area contributed by atoms with Gasteiger partial charge in [0, 0.05) is 5.56 Å². The summed E-state index contributed by atoms with van der Waals surface area (Å²) in [6, 6.07) is 3.73. The minimum Gasteiger partial charge on any atom is -0.507 e. The summed E-state index contributed by atoms with van der Waals surface area (Å²) in [5.74, 6) is -1.83. The van der Waals surface area contributed by atoms with Gasteiger partial charge in [-0.25, -0.2) is 4.79 Å². The second-order valence-corrected chi connectivity index (χ2v) is 3.15. The summed E-state index contributed by atoms with van der Waals surface area (Å²) >= 11 is 2.97. The highest BCUT2D eigenvalue weighted by Gasteiger charge is 2.12. The Kier molecular flexibility index (Phi) is 3.24. The van der Waals surface area contributed by atoms with Gasteiger partial charge in [0.05, 0.1) is 5.33 Å². The SMILES string of the molecule is O=C(O)c1cc([13C](=O)CBr)ccc1O. The molecule has 0 amide bonds. The van der Waals surface area contributed by atoms with Crippen LogP contribution in [0.25, 0.3) is 0 Å². The van der Waals surface area contributed by atoms with Gasteiger partial charge in [-0.15, -0.1) is 0 Å². The maximum atomic E-state index is 11.2. The smallest absolute Gasteiger partial charge is 0.339 e. The molecule has 5 heteroatoms. The number of aromatic carboxylic acids is 1. The first kappa shape index (κ1) is 10.7. The second-order valence-electron chi connectivity index (χ2n) is 2.59. The lowest BCUT2D eigenvalue weighted by atomic mass is 10.1. The summed E-state index contributed by atoms with van der Waals surface area (Å²) in [7, 11) is 0. The molecule has 0 aliphatic heterocycles. The normalized spacial score (nSPS) is 9.79. The standard InChI is InChI=1S/C9H7BrO4/c10-4-8(12)5-1-2-7(11)6(3-5)9(13)14/h1-3,11H,4H2,(H,13,14)/i8+1. The first-order chi connectivity index (χ1) is 6.56. The van der Waals surface area contributed by atoms with E-state index >= 15 is 0 Å². The van der Waals surface area contributed by atoms with Crippen molar-refractivity contribution in [2.75, 3.05) is 5.33 Å². The van der Waals surface area contributed by atoms with Gasteiger partial charge in [0.15, 0.2) is 5.78 Å². The van der Waals surface area contributed by atoms with Crippen LogP contribution >= 0.6 is 15.9 Å². The molecular weight excluding hydrogens is 253 g/mol. The van der Waals surface area contributed by atoms with Crippen LogP contribution in [0.3, 0.4) is 0 Å². The Bertz CT molecular complexity index is 386. The van der Waals surface area contributed by atoms with Crippen molar-refractivity contribution in [2.45, 2.75) is 0 Å². The van der Waals surface area contributed by atoms with Crippen molar-refractivity contribution in [3.8, 4) is 5.75 Å². The van der Waals surface area contributed by atoms with Crippen LogP contribution in [-0.4, -0.2) is 27.3 Å². The van der Waals surface area contributed by atoms with E-state index in [4.69, 9.17) is 10.2 Å². The average Bonchev–Trinajstić information content (AvgIpc) is 2.17. The van der Waals surface area contributed by atoms with Crippen molar-refractivity contribution in [1.82, 2.24) is 0 Å². The fourth-order valence-electron chi connectivity index (χ4n) is 0.958. The lowest BCUT2D eigenvalue weighted by Crippen LogP contribution is -2.03. The molecule has 2 N–H and O–H groups in total. The predicted octanol–water partition coefficient (Wildman–Crippen LogP) is 1.67. The molecule has 1 rings (SSSR count). The molecule has 0 heterocycles. The number of aromatic hydroxyl groups is 1. The van der Waals surface area contributed by atoms with Gasteiger partial charge in [-0.05, 0) is 18.2 Å². The number of alkyl halides is 1. The van der Waals surface area contributed by atoms with Crippen LogP contribution in [0.1, 0.15) is 20.7 Å². The number of halogens is 1. The van der Waals surface area contributed by atoms with Crippen LogP contribution in [0.4, 0.5) is 0 Å². The Morgan fingerprint density at radius 2 is 2.00 bits per heavy atom. The molecule has 0 saturated carbocycles. The molecule has 0 atom stereocenters. The molecule has 0 spiro atoms. The molecule has 0 bridgehead atoms. The number of rotatable bonds is 3. The third-order valence-electron chi connectivity index (χ3n) is 1.67. The molecular formula is C9H7BrO4. The Labute approximate surface area is 88.3 Å². The lowest BCUT2D eigenvalue weighted by molar-refractivity contribution is 0.0693. The number of benzene rings is 1. The molecule has 14 heavy (non-hydrogen) atoms. The van der Waals surface area contributed by atoms with Crippen LogP contribution in [-0.2, 0) is 0 Å². The zero-order valence-electron chi connectivity index (χ0n) is 7.03. The van der Waals surface area contributed by atoms with E-state index < -0.39 is 5.97 Å². The summed E-state index contributed by atoms with van der Waals surface area (Å²) in [5.41, 5.74) is -0.00567. The molecule has 0 unspecified atom stereocenters. The van der Waals surface area contributed by atoms with Gasteiger partial charge in [-0.2, -0.15) is 0 Å². The van der Waals surface area contributed by atoms with Gasteiger partial charge < -0.3 is 10.2 Å². The Morgan fingerprint density at radius 3 is 2.50 bits per heavy atom. The first-order valence-corrected chi connectivity index (χ1v) is 4.84. The molecule has 0 aromatic heterocycles. The first-order valence-electron chi connectivity index (χ1n) is 3.71. The number of Topliss-reactive ketones (excluding diaryl/α,β-unsaturated/α-hetero) is 1. The Hall–Kier alpha value is -1.36. The topological polar surface area (TPSA) is 74.6 Å². The van der Waals surface area contributed by atoms with Crippen LogP contribution in [0.5, 0.6) is 5.75 Å². The number of carboxylic acid groups (broad SMARTS) is 1. The fraction of sp³-hybridized carbons (Fsp3) is 0.111. The molecule has 0 aliphatic carbocycles. The predicted molar refractivity (Wildman–Crippen MR) is 53.2 cm³/mol. The fourth-order valence-corrected chi connectivity index (χ4v) is 1.28. The van der Waals surface area contributed by atoms with Gasteiger partial charge in [0.1, 0.15) is 11.3 Å². The van der Waals surface area contributed by atoms with Crippen molar-refractivity contribution in [3.05, 3.63) is 29.3 Å². The van der Waals surface area contributed by atoms with Crippen LogP contribution in [0.15, 0.2) is 18.2 Å². The molecule has 0 fully saturated rings. The van der Waals surface area contributed by atoms with E-state index in [9.17, 15) is 9.59 Å². The molecule has 1 aromatic rings. The number of carboxylic acids is 1. The van der Waals surface area contributed by atoms with E-state index in [1.807, 2.05) is 0 Å². The summed E-state index contributed by atoms with van der Waals surface area (Å²) < 4.78 is 0. The number of carbonyl (C=O) groups is 2. The lowest BCUT2D eigenvalue weighted by Gasteiger charge is -2.01. The van der Waals surface area contributed by atoms with E-state index in [0.29, 0.717) is 0 Å². The van der Waals surface area contributed by atoms with Crippen LogP contribution in [0.2, 0.25) is 0 Å². The highest BCUT2D eigenvalue weighted by Crippen LogP contribution is 2.18. The van der Waals surface area contributed by atoms with Crippen LogP contribution in [0, 0.1) is 0 Å². The molecule has 0 radical (unpaired) electrons. The van der Waals surface area contributed by atoms with E-state index in [1.54, 1.807) is 0 Å². The van der Waals surface area contributed by atoms with Crippen molar-refractivity contribution in [2.24, 2.45) is 0 Å². The number of phenols is 1. The zero-order chi connectivity index (χ0) is 10.7. The number of ketones is 1. The van der Waals surface area contributed by atoms with Gasteiger partial charge in [0.25, 0.3) is 0 Å². The second kappa shape index (κ2) is 4.23. The summed E-state index contributed by atoms with van der Waals surface area (Å²) in [6.07, 6.45) is 0. The number of carbonyl (C=O) groups excluding carboxylic acids is 1. The summed E-state index contributed by atoms with van der Waals surface area (Å²) in [6.45, 7) is 0. The maximum Gasteiger partial charge on any atom is 0.339 e. The zero-order valence-corrected chi connectivity index (χ0v) is 8.61. The highest BCUT2D eigenvalue weighted by molar-refractivity contribution is 9.09. The molecule has 4 nitrogen and oxygen atoms in total. The van der Waals surface area contributed by atoms with Crippen molar-refractivity contribution in [1.29, 1.82) is 0 Å². The minimum atomic E-state index is -1.26. The minimum absolute atomic E-state index is 0.122. The Balaban J connectivity index is 3.19. The monoisotopic (exact) mass is 259 g/mol. The van der Waals surface area contributed by atoms with E-state index in [1.165, 1.54) is 12.1 Å². The van der Waals surface area contributed by atoms with Gasteiger partial charge in [-0.1, -0.05) is 15.9 Å². The highest BCUT2D eigenvalue weighted by atomic mass is 79.9. The van der Waals surface area contributed by atoms with Crippen molar-refractivity contribution >= 4 is 27.7 Å². The van der Waals surface area contributed by atoms with Gasteiger partial charge in [-0.3, -0.25) is 4.79 Å². The largest absolute Gasteiger partial charge is 0.507 e. The van der Waals surface area contributed by atoms with Gasteiger partial charge in [0.2, 0.25) is 0 Å². The maximum absolute atomic E-state index is 11.2. The number of hydrogen-bond acceptors (Lipinski definition) is 3. The van der Waals surface area contributed by atoms with E-state index in [-0.39, 0.29) is 28.0 Å². The van der Waals surface area contributed by atoms with E-state index in [2.05, 4.69) is 15.9 Å². The summed E-state index contributed by atoms with van der Waals surface area (Å²) in [4.78, 5) is 21.8. The molecule has 0 aliphatic rings.